The predicted molar refractivity (Wildman–Crippen MR) is 191 cm³/mol. The summed E-state index contributed by atoms with van der Waals surface area (Å²) in [5.74, 6) is 1.91. The van der Waals surface area contributed by atoms with E-state index < -0.39 is 0 Å². The molecule has 0 bridgehead atoms. The molecule has 260 valence electrons. The molecule has 1 saturated heterocycles. The number of methoxy groups -OCH3 is 1. The second-order valence-electron chi connectivity index (χ2n) is 14.0. The van der Waals surface area contributed by atoms with E-state index in [1.54, 1.807) is 24.3 Å². The lowest BCUT2D eigenvalue weighted by atomic mass is 9.89. The number of aromatic nitrogens is 2. The Balaban J connectivity index is 0.00000133. The van der Waals surface area contributed by atoms with Gasteiger partial charge < -0.3 is 30.1 Å². The van der Waals surface area contributed by atoms with Crippen LogP contribution in [0.4, 0.5) is 23.1 Å². The van der Waals surface area contributed by atoms with Crippen molar-refractivity contribution < 1.29 is 17.2 Å². The highest BCUT2D eigenvalue weighted by molar-refractivity contribution is 6.03. The molecule has 1 spiro atoms. The van der Waals surface area contributed by atoms with Crippen LogP contribution in [0.3, 0.4) is 0 Å². The average Bonchev–Trinajstić information content (AvgIpc) is 3.71. The summed E-state index contributed by atoms with van der Waals surface area (Å²) < 4.78 is 5.72. The number of likely N-dealkylation sites (N-methyl/N-ethyl adjacent to an activating group) is 1. The van der Waals surface area contributed by atoms with Crippen LogP contribution >= 0.6 is 0 Å². The van der Waals surface area contributed by atoms with Gasteiger partial charge in [0.25, 0.3) is 5.91 Å². The van der Waals surface area contributed by atoms with Crippen molar-refractivity contribution in [2.75, 3.05) is 69.0 Å². The van der Waals surface area contributed by atoms with E-state index in [9.17, 15) is 9.59 Å². The Labute approximate surface area is 283 Å². The minimum atomic E-state index is -0.296. The second-order valence-corrected chi connectivity index (χ2v) is 14.0. The molecule has 4 fully saturated rings. The molecule has 7 rings (SSSR count). The molecule has 2 amide bonds. The van der Waals surface area contributed by atoms with Gasteiger partial charge in [0.2, 0.25) is 11.9 Å². The van der Waals surface area contributed by atoms with Crippen molar-refractivity contribution in [2.24, 2.45) is 5.41 Å². The maximum atomic E-state index is 13.4. The first-order chi connectivity index (χ1) is 22.8. The molecule has 3 saturated carbocycles. The SMILES string of the molecule is CC.COc1cc(C(=O)NC2CCC(N3CCN(C)CC3)CC2)ccc1Nc1ncc2c(n1)N(C1CCCC1)CC1(CC1)C(=O)N2C.[HH].[HH]. The lowest BCUT2D eigenvalue weighted by molar-refractivity contribution is -0.122. The number of carbonyl (C=O) groups is 2. The quantitative estimate of drug-likeness (QED) is 0.400. The van der Waals surface area contributed by atoms with Crippen LogP contribution in [0.5, 0.6) is 5.75 Å². The average molecular weight is 651 g/mol. The van der Waals surface area contributed by atoms with Gasteiger partial charge >= 0.3 is 0 Å². The van der Waals surface area contributed by atoms with E-state index in [4.69, 9.17) is 9.72 Å². The Morgan fingerprint density at radius 1 is 0.979 bits per heavy atom. The molecule has 11 nitrogen and oxygen atoms in total. The zero-order chi connectivity index (χ0) is 33.1. The smallest absolute Gasteiger partial charge is 0.251 e. The number of rotatable bonds is 7. The highest BCUT2D eigenvalue weighted by Crippen LogP contribution is 2.52. The van der Waals surface area contributed by atoms with Gasteiger partial charge in [-0.05, 0) is 76.6 Å². The third-order valence-corrected chi connectivity index (χ3v) is 11.0. The van der Waals surface area contributed by atoms with Crippen LogP contribution in [0, 0.1) is 5.41 Å². The third-order valence-electron chi connectivity index (χ3n) is 11.0. The van der Waals surface area contributed by atoms with Gasteiger partial charge in [0.05, 0.1) is 24.4 Å². The van der Waals surface area contributed by atoms with Crippen molar-refractivity contribution >= 4 is 35.0 Å². The summed E-state index contributed by atoms with van der Waals surface area (Å²) in [6, 6.07) is 6.68. The van der Waals surface area contributed by atoms with E-state index in [1.807, 2.05) is 33.0 Å². The summed E-state index contributed by atoms with van der Waals surface area (Å²) >= 11 is 0. The van der Waals surface area contributed by atoms with Crippen LogP contribution in [0.25, 0.3) is 0 Å². The molecule has 0 unspecified atom stereocenters. The largest absolute Gasteiger partial charge is 0.495 e. The fourth-order valence-electron chi connectivity index (χ4n) is 7.95. The minimum absolute atomic E-state index is 0. The molecule has 1 aromatic carbocycles. The summed E-state index contributed by atoms with van der Waals surface area (Å²) in [6.45, 7) is 9.28. The van der Waals surface area contributed by atoms with Gasteiger partial charge in [-0.2, -0.15) is 4.98 Å². The van der Waals surface area contributed by atoms with Crippen LogP contribution in [0.2, 0.25) is 0 Å². The van der Waals surface area contributed by atoms with Gasteiger partial charge in [-0.25, -0.2) is 4.98 Å². The molecule has 2 N–H and O–H groups in total. The molecule has 2 aromatic rings. The first kappa shape index (κ1) is 33.5. The van der Waals surface area contributed by atoms with Crippen LogP contribution < -0.4 is 25.2 Å². The van der Waals surface area contributed by atoms with Crippen LogP contribution in [-0.4, -0.2) is 104 Å². The zero-order valence-electron chi connectivity index (χ0n) is 29.1. The number of benzene rings is 1. The molecular weight excluding hydrogens is 592 g/mol. The zero-order valence-corrected chi connectivity index (χ0v) is 29.1. The molecule has 3 aliphatic carbocycles. The van der Waals surface area contributed by atoms with Crippen LogP contribution in [0.1, 0.15) is 91.3 Å². The van der Waals surface area contributed by atoms with Crippen molar-refractivity contribution in [3.63, 3.8) is 0 Å². The summed E-state index contributed by atoms with van der Waals surface area (Å²) in [4.78, 5) is 45.4. The number of carbonyl (C=O) groups excluding carboxylic acids is 2. The molecule has 2 aliphatic heterocycles. The summed E-state index contributed by atoms with van der Waals surface area (Å²) in [5.41, 5.74) is 1.72. The number of hydrogen-bond donors (Lipinski definition) is 2. The summed E-state index contributed by atoms with van der Waals surface area (Å²) in [6.07, 6.45) is 12.6. The number of piperazine rings is 1. The van der Waals surface area contributed by atoms with E-state index >= 15 is 0 Å². The van der Waals surface area contributed by atoms with Crippen molar-refractivity contribution in [1.29, 1.82) is 0 Å². The van der Waals surface area contributed by atoms with Crippen molar-refractivity contribution in [2.45, 2.75) is 96.2 Å². The van der Waals surface area contributed by atoms with E-state index in [2.05, 4.69) is 37.4 Å². The Kier molecular flexibility index (Phi) is 10.2. The number of amides is 2. The second kappa shape index (κ2) is 14.4. The Morgan fingerprint density at radius 3 is 2.34 bits per heavy atom. The van der Waals surface area contributed by atoms with Gasteiger partial charge in [-0.1, -0.05) is 26.7 Å². The van der Waals surface area contributed by atoms with E-state index in [1.165, 1.54) is 12.8 Å². The highest BCUT2D eigenvalue weighted by atomic mass is 16.5. The summed E-state index contributed by atoms with van der Waals surface area (Å²) in [7, 11) is 5.65. The van der Waals surface area contributed by atoms with Gasteiger partial charge in [-0.3, -0.25) is 14.5 Å². The van der Waals surface area contributed by atoms with E-state index in [-0.39, 0.29) is 26.1 Å². The number of nitrogens with zero attached hydrogens (tertiary/aromatic N) is 6. The minimum Gasteiger partial charge on any atom is -0.495 e. The first-order valence-corrected chi connectivity index (χ1v) is 17.9. The van der Waals surface area contributed by atoms with Gasteiger partial charge in [0, 0.05) is 66.3 Å². The first-order valence-electron chi connectivity index (χ1n) is 17.9. The van der Waals surface area contributed by atoms with Gasteiger partial charge in [0.15, 0.2) is 5.82 Å². The monoisotopic (exact) mass is 650 g/mol. The summed E-state index contributed by atoms with van der Waals surface area (Å²) in [5, 5.41) is 6.61. The lowest BCUT2D eigenvalue weighted by Gasteiger charge is -2.41. The number of hydrogen-bond acceptors (Lipinski definition) is 9. The van der Waals surface area contributed by atoms with Gasteiger partial charge in [0.1, 0.15) is 11.4 Å². The van der Waals surface area contributed by atoms with Crippen molar-refractivity contribution in [3.8, 4) is 5.75 Å². The number of fused-ring (bicyclic) bond motifs is 1. The van der Waals surface area contributed by atoms with Crippen LogP contribution in [0.15, 0.2) is 24.4 Å². The van der Waals surface area contributed by atoms with Gasteiger partial charge in [-0.15, -0.1) is 0 Å². The molecule has 0 atom stereocenters. The maximum Gasteiger partial charge on any atom is 0.251 e. The van der Waals surface area contributed by atoms with E-state index in [0.717, 1.165) is 95.6 Å². The molecule has 0 radical (unpaired) electrons. The Morgan fingerprint density at radius 2 is 1.68 bits per heavy atom. The number of anilines is 4. The topological polar surface area (TPSA) is 106 Å². The Bertz CT molecular complexity index is 1420. The highest BCUT2D eigenvalue weighted by Gasteiger charge is 2.55. The van der Waals surface area contributed by atoms with E-state index in [0.29, 0.717) is 35.0 Å². The standard InChI is InChI=1S/C34H48N8O3.C2H6.2H2/c1-39-16-18-41(19-17-39)25-11-9-24(10-12-25)36-31(43)23-8-13-27(29(20-23)45-3)37-33-35-21-28-30(38-33)42(26-6-4-5-7-26)22-34(14-15-34)32(44)40(28)2;1-2;;/h8,13,20-21,24-26H,4-7,9-12,14-19,22H2,1-3H3,(H,36,43)(H,35,37,38);1-2H3;2*1H. The molecule has 5 aliphatic rings. The molecule has 47 heavy (non-hydrogen) atoms. The van der Waals surface area contributed by atoms with Crippen molar-refractivity contribution in [3.05, 3.63) is 30.0 Å². The van der Waals surface area contributed by atoms with Crippen molar-refractivity contribution in [1.82, 2.24) is 25.1 Å². The molecule has 11 heteroatoms. The molecule has 3 heterocycles. The van der Waals surface area contributed by atoms with Crippen LogP contribution in [-0.2, 0) is 4.79 Å². The predicted octanol–water partition coefficient (Wildman–Crippen LogP) is 5.54. The molecular formula is C36H58N8O3. The maximum absolute atomic E-state index is 13.4. The number of nitrogens with one attached hydrogen (secondary N) is 2. The third kappa shape index (κ3) is 7.06. The fourth-order valence-corrected chi connectivity index (χ4v) is 7.95. The number of ether oxygens (including phenoxy) is 1. The molecule has 1 aromatic heterocycles. The lowest BCUT2D eigenvalue weighted by Crippen LogP contribution is -2.51. The fraction of sp³-hybridized carbons (Fsp3) is 0.667. The normalized spacial score (nSPS) is 24.7. The Hall–Kier alpha value is -3.44.